The van der Waals surface area contributed by atoms with Crippen molar-refractivity contribution in [2.24, 2.45) is 5.73 Å². The zero-order valence-electron chi connectivity index (χ0n) is 19.9. The Morgan fingerprint density at radius 2 is 1.78 bits per heavy atom. The summed E-state index contributed by atoms with van der Waals surface area (Å²) in [5.41, 5.74) is 6.80. The van der Waals surface area contributed by atoms with Crippen LogP contribution in [-0.2, 0) is 11.2 Å². The molecule has 0 spiro atoms. The second kappa shape index (κ2) is 9.83. The minimum absolute atomic E-state index is 0.0558. The van der Waals surface area contributed by atoms with Crippen molar-refractivity contribution in [3.8, 4) is 5.69 Å². The van der Waals surface area contributed by atoms with Crippen molar-refractivity contribution in [2.45, 2.75) is 45.7 Å². The Kier molecular flexibility index (Phi) is 7.36. The lowest BCUT2D eigenvalue weighted by molar-refractivity contribution is -0.136. The molecule has 0 bridgehead atoms. The molecule has 1 aliphatic rings. The van der Waals surface area contributed by atoms with E-state index in [2.05, 4.69) is 42.9 Å². The third-order valence-corrected chi connectivity index (χ3v) is 6.23. The molecule has 1 amide bonds. The molecule has 3 rings (SSSR count). The SMILES string of the molecule is CCN(C)C(C)Cc1ccc(-n2ccc(N3CCN(C(=O)C(C)(C)N)CC3)nc2=O)cc1. The third kappa shape index (κ3) is 5.55. The first-order valence-electron chi connectivity index (χ1n) is 11.3. The number of carbonyl (C=O) groups is 1. The Balaban J connectivity index is 1.66. The number of benzene rings is 1. The van der Waals surface area contributed by atoms with Gasteiger partial charge in [0.05, 0.1) is 11.2 Å². The van der Waals surface area contributed by atoms with Gasteiger partial charge in [-0.05, 0) is 64.5 Å². The van der Waals surface area contributed by atoms with Crippen LogP contribution in [0.2, 0.25) is 0 Å². The second-order valence-electron chi connectivity index (χ2n) is 9.23. The average molecular weight is 441 g/mol. The molecular formula is C24H36N6O2. The molecule has 32 heavy (non-hydrogen) atoms. The van der Waals surface area contributed by atoms with Crippen LogP contribution in [0, 0.1) is 0 Å². The van der Waals surface area contributed by atoms with E-state index < -0.39 is 5.54 Å². The minimum atomic E-state index is -0.875. The maximum Gasteiger partial charge on any atom is 0.354 e. The number of likely N-dealkylation sites (N-methyl/N-ethyl adjacent to an activating group) is 1. The zero-order valence-corrected chi connectivity index (χ0v) is 19.9. The molecule has 0 aliphatic carbocycles. The number of aromatic nitrogens is 2. The number of hydrogen-bond donors (Lipinski definition) is 1. The van der Waals surface area contributed by atoms with Crippen LogP contribution >= 0.6 is 0 Å². The number of rotatable bonds is 7. The summed E-state index contributed by atoms with van der Waals surface area (Å²) in [4.78, 5) is 35.5. The fourth-order valence-electron chi connectivity index (χ4n) is 3.91. The van der Waals surface area contributed by atoms with Gasteiger partial charge in [-0.1, -0.05) is 19.1 Å². The first-order valence-corrected chi connectivity index (χ1v) is 11.3. The topological polar surface area (TPSA) is 87.7 Å². The molecule has 1 aromatic carbocycles. The summed E-state index contributed by atoms with van der Waals surface area (Å²) in [7, 11) is 2.13. The van der Waals surface area contributed by atoms with Gasteiger partial charge < -0.3 is 20.4 Å². The maximum absolute atomic E-state index is 12.7. The highest BCUT2D eigenvalue weighted by atomic mass is 16.2. The van der Waals surface area contributed by atoms with Crippen LogP contribution in [0.15, 0.2) is 41.3 Å². The molecule has 1 aliphatic heterocycles. The van der Waals surface area contributed by atoms with Crippen molar-refractivity contribution in [2.75, 3.05) is 44.7 Å². The molecule has 0 saturated carbocycles. The van der Waals surface area contributed by atoms with Crippen molar-refractivity contribution in [1.29, 1.82) is 0 Å². The minimum Gasteiger partial charge on any atom is -0.353 e. The predicted octanol–water partition coefficient (Wildman–Crippen LogP) is 1.50. The summed E-state index contributed by atoms with van der Waals surface area (Å²) in [6.45, 7) is 11.2. The van der Waals surface area contributed by atoms with Crippen LogP contribution in [0.25, 0.3) is 5.69 Å². The number of hydrogen-bond acceptors (Lipinski definition) is 6. The normalized spacial score (nSPS) is 15.8. The third-order valence-electron chi connectivity index (χ3n) is 6.23. The van der Waals surface area contributed by atoms with Gasteiger partial charge in [0.1, 0.15) is 5.82 Å². The highest BCUT2D eigenvalue weighted by molar-refractivity contribution is 5.85. The molecule has 2 aromatic rings. The fraction of sp³-hybridized carbons (Fsp3) is 0.542. The van der Waals surface area contributed by atoms with Gasteiger partial charge in [0.15, 0.2) is 0 Å². The summed E-state index contributed by atoms with van der Waals surface area (Å²) < 4.78 is 1.56. The quantitative estimate of drug-likeness (QED) is 0.702. The van der Waals surface area contributed by atoms with Crippen LogP contribution in [-0.4, -0.2) is 76.6 Å². The van der Waals surface area contributed by atoms with Crippen LogP contribution in [0.3, 0.4) is 0 Å². The molecule has 1 saturated heterocycles. The van der Waals surface area contributed by atoms with Gasteiger partial charge in [0.2, 0.25) is 5.91 Å². The van der Waals surface area contributed by atoms with Crippen LogP contribution in [0.5, 0.6) is 0 Å². The highest BCUT2D eigenvalue weighted by Gasteiger charge is 2.30. The predicted molar refractivity (Wildman–Crippen MR) is 128 cm³/mol. The maximum atomic E-state index is 12.7. The summed E-state index contributed by atoms with van der Waals surface area (Å²) in [5, 5.41) is 0. The summed E-state index contributed by atoms with van der Waals surface area (Å²) in [6.07, 6.45) is 2.74. The summed E-state index contributed by atoms with van der Waals surface area (Å²) >= 11 is 0. The molecular weight excluding hydrogens is 404 g/mol. The van der Waals surface area contributed by atoms with E-state index in [1.54, 1.807) is 29.5 Å². The summed E-state index contributed by atoms with van der Waals surface area (Å²) in [6, 6.07) is 10.4. The molecule has 174 valence electrons. The van der Waals surface area contributed by atoms with Crippen molar-refractivity contribution in [3.05, 3.63) is 52.6 Å². The number of carbonyl (C=O) groups excluding carboxylic acids is 1. The van der Waals surface area contributed by atoms with Crippen LogP contribution in [0.1, 0.15) is 33.3 Å². The van der Waals surface area contributed by atoms with Crippen LogP contribution < -0.4 is 16.3 Å². The van der Waals surface area contributed by atoms with E-state index in [0.29, 0.717) is 38.0 Å². The number of piperazine rings is 1. The standard InChI is InChI=1S/C24H36N6O2/c1-6-27(5)18(2)17-19-7-9-20(10-8-19)30-12-11-21(26-23(30)32)28-13-15-29(16-14-28)22(31)24(3,4)25/h7-12,18H,6,13-17,25H2,1-5H3. The second-order valence-corrected chi connectivity index (χ2v) is 9.23. The first-order chi connectivity index (χ1) is 15.1. The number of amides is 1. The smallest absolute Gasteiger partial charge is 0.353 e. The Bertz CT molecular complexity index is 971. The van der Waals surface area contributed by atoms with E-state index in [9.17, 15) is 9.59 Å². The lowest BCUT2D eigenvalue weighted by atomic mass is 10.0. The van der Waals surface area contributed by atoms with Crippen molar-refractivity contribution in [3.63, 3.8) is 0 Å². The van der Waals surface area contributed by atoms with Gasteiger partial charge in [0.25, 0.3) is 0 Å². The molecule has 1 fully saturated rings. The van der Waals surface area contributed by atoms with Crippen molar-refractivity contribution >= 4 is 11.7 Å². The van der Waals surface area contributed by atoms with Gasteiger partial charge in [-0.2, -0.15) is 4.98 Å². The van der Waals surface area contributed by atoms with E-state index >= 15 is 0 Å². The van der Waals surface area contributed by atoms with Crippen molar-refractivity contribution in [1.82, 2.24) is 19.4 Å². The van der Waals surface area contributed by atoms with Gasteiger partial charge >= 0.3 is 5.69 Å². The Labute approximate surface area is 190 Å². The largest absolute Gasteiger partial charge is 0.354 e. The lowest BCUT2D eigenvalue weighted by Gasteiger charge is -2.37. The van der Waals surface area contributed by atoms with Gasteiger partial charge in [-0.15, -0.1) is 0 Å². The number of nitrogens with zero attached hydrogens (tertiary/aromatic N) is 5. The van der Waals surface area contributed by atoms with E-state index in [4.69, 9.17) is 5.73 Å². The van der Waals surface area contributed by atoms with E-state index in [1.807, 2.05) is 23.1 Å². The fourth-order valence-corrected chi connectivity index (χ4v) is 3.91. The van der Waals surface area contributed by atoms with Gasteiger partial charge in [-0.3, -0.25) is 9.36 Å². The molecule has 1 atom stereocenters. The number of anilines is 1. The molecule has 1 unspecified atom stereocenters. The molecule has 0 radical (unpaired) electrons. The summed E-state index contributed by atoms with van der Waals surface area (Å²) in [5.74, 6) is 0.582. The molecule has 2 N–H and O–H groups in total. The lowest BCUT2D eigenvalue weighted by Crippen LogP contribution is -2.57. The van der Waals surface area contributed by atoms with Crippen molar-refractivity contribution < 1.29 is 4.79 Å². The molecule has 1 aromatic heterocycles. The zero-order chi connectivity index (χ0) is 23.5. The average Bonchev–Trinajstić information content (AvgIpc) is 2.78. The monoisotopic (exact) mass is 440 g/mol. The Morgan fingerprint density at radius 1 is 1.16 bits per heavy atom. The highest BCUT2D eigenvalue weighted by Crippen LogP contribution is 2.16. The van der Waals surface area contributed by atoms with Gasteiger partial charge in [-0.25, -0.2) is 4.79 Å². The first kappa shape index (κ1) is 23.9. The molecule has 8 heteroatoms. The Morgan fingerprint density at radius 3 is 2.31 bits per heavy atom. The molecule has 8 nitrogen and oxygen atoms in total. The van der Waals surface area contributed by atoms with E-state index in [0.717, 1.165) is 18.7 Å². The van der Waals surface area contributed by atoms with E-state index in [-0.39, 0.29) is 11.6 Å². The Hall–Kier alpha value is -2.71. The van der Waals surface area contributed by atoms with Gasteiger partial charge in [0, 0.05) is 38.4 Å². The molecule has 2 heterocycles. The van der Waals surface area contributed by atoms with E-state index in [1.165, 1.54) is 5.56 Å². The number of nitrogens with two attached hydrogens (primary N) is 1. The van der Waals surface area contributed by atoms with Crippen LogP contribution in [0.4, 0.5) is 5.82 Å².